The molecule has 0 aromatic heterocycles. The topological polar surface area (TPSA) is 83.5 Å². The van der Waals surface area contributed by atoms with Crippen molar-refractivity contribution in [2.24, 2.45) is 0 Å². The summed E-state index contributed by atoms with van der Waals surface area (Å²) in [6.45, 7) is 35.8. The average Bonchev–Trinajstić information content (AvgIpc) is 2.83. The van der Waals surface area contributed by atoms with Crippen LogP contribution in [-0.2, 0) is 30.5 Å². The number of carboxylic acid groups (broad SMARTS) is 1. The standard InChI is InChI=1S/C44H52N2.C30H34O6.Cs/c1-29-13-17-37(18-14-29)45(41-31(3)25-35(26-32(41)4)43(7,8)9)39-21-23-40(24-22-39)46(38-19-15-30(2)16-20-38)42-33(5)27-36(28-34(42)6)44(10,11)12;1-20-5-8-23-24-9-6-21(2)18-27(24)30(3,26(23)17-20)22-7-10-28(25(19-22)29(31)32)36-16-15-35-14-13-34-12-11-33-4;/h13-28H,1-12H3;5-10,17-19H,11-16H2,1-4H3,(H,31,32);/q;;+1/p-1. The van der Waals surface area contributed by atoms with E-state index >= 15 is 0 Å². The molecule has 0 saturated carbocycles. The zero-order valence-electron chi connectivity index (χ0n) is 52.5. The molecule has 0 fully saturated rings. The summed E-state index contributed by atoms with van der Waals surface area (Å²) in [7, 11) is 1.62. The number of benzene rings is 8. The Bertz CT molecular complexity index is 3300. The molecular formula is C74H85CsN2O6. The second-order valence-electron chi connectivity index (χ2n) is 24.6. The monoisotopic (exact) mass is 1230 g/mol. The summed E-state index contributed by atoms with van der Waals surface area (Å²) in [5.41, 5.74) is 25.0. The molecule has 8 aromatic carbocycles. The molecule has 0 heterocycles. The summed E-state index contributed by atoms with van der Waals surface area (Å²) in [5, 5.41) is 12.1. The number of carboxylic acids is 1. The number of methoxy groups -OCH3 is 1. The Hall–Kier alpha value is -5.44. The number of carbonyl (C=O) groups is 1. The van der Waals surface area contributed by atoms with E-state index in [0.29, 0.717) is 33.0 Å². The van der Waals surface area contributed by atoms with Gasteiger partial charge >= 0.3 is 68.9 Å². The van der Waals surface area contributed by atoms with Crippen molar-refractivity contribution in [1.29, 1.82) is 0 Å². The van der Waals surface area contributed by atoms with Crippen LogP contribution in [0.2, 0.25) is 0 Å². The van der Waals surface area contributed by atoms with Crippen LogP contribution in [-0.4, -0.2) is 52.7 Å². The first-order valence-corrected chi connectivity index (χ1v) is 28.8. The number of aromatic carboxylic acids is 1. The van der Waals surface area contributed by atoms with Crippen molar-refractivity contribution in [1.82, 2.24) is 0 Å². The summed E-state index contributed by atoms with van der Waals surface area (Å²) in [6.07, 6.45) is 0. The molecular weight excluding hydrogens is 1150 g/mol. The Balaban J connectivity index is 0.000000243. The van der Waals surface area contributed by atoms with Crippen LogP contribution in [0.25, 0.3) is 11.1 Å². The zero-order valence-corrected chi connectivity index (χ0v) is 58.8. The quantitative estimate of drug-likeness (QED) is 0.0786. The number of ether oxygens (including phenoxy) is 4. The van der Waals surface area contributed by atoms with Gasteiger partial charge in [0.15, 0.2) is 0 Å². The van der Waals surface area contributed by atoms with Crippen LogP contribution in [0.15, 0.2) is 152 Å². The fourth-order valence-corrected chi connectivity index (χ4v) is 11.3. The number of hydrogen-bond acceptors (Lipinski definition) is 8. The molecule has 0 bridgehead atoms. The number of nitrogens with zero attached hydrogens (tertiary/aromatic N) is 2. The van der Waals surface area contributed by atoms with E-state index in [1.165, 1.54) is 78.1 Å². The van der Waals surface area contributed by atoms with Crippen molar-refractivity contribution in [3.8, 4) is 16.9 Å². The van der Waals surface area contributed by atoms with E-state index < -0.39 is 11.4 Å². The third-order valence-electron chi connectivity index (χ3n) is 15.9. The van der Waals surface area contributed by atoms with Crippen molar-refractivity contribution < 1.29 is 97.7 Å². The normalized spacial score (nSPS) is 12.4. The van der Waals surface area contributed by atoms with Gasteiger partial charge in [0, 0.05) is 40.8 Å². The molecule has 0 aliphatic heterocycles. The molecule has 8 nitrogen and oxygen atoms in total. The van der Waals surface area contributed by atoms with Gasteiger partial charge in [-0.25, -0.2) is 0 Å². The molecule has 0 atom stereocenters. The van der Waals surface area contributed by atoms with Gasteiger partial charge in [-0.2, -0.15) is 0 Å². The molecule has 9 heteroatoms. The first-order valence-electron chi connectivity index (χ1n) is 28.8. The van der Waals surface area contributed by atoms with Crippen LogP contribution in [0, 0.1) is 55.4 Å². The molecule has 1 aliphatic carbocycles. The number of rotatable bonds is 18. The second kappa shape index (κ2) is 27.7. The molecule has 0 amide bonds. The summed E-state index contributed by atoms with van der Waals surface area (Å²) >= 11 is 0. The minimum Gasteiger partial charge on any atom is -0.545 e. The number of carbonyl (C=O) groups excluding carboxylic acids is 1. The fraction of sp³-hybridized carbons (Fsp3) is 0.338. The Morgan fingerprint density at radius 3 is 1.17 bits per heavy atom. The maximum absolute atomic E-state index is 12.1. The molecule has 9 rings (SSSR count). The van der Waals surface area contributed by atoms with Gasteiger partial charge in [-0.3, -0.25) is 0 Å². The van der Waals surface area contributed by atoms with Gasteiger partial charge in [0.2, 0.25) is 0 Å². The average molecular weight is 1230 g/mol. The third-order valence-corrected chi connectivity index (χ3v) is 15.9. The van der Waals surface area contributed by atoms with Crippen LogP contribution < -0.4 is 88.5 Å². The van der Waals surface area contributed by atoms with Crippen LogP contribution in [0.5, 0.6) is 5.75 Å². The maximum Gasteiger partial charge on any atom is 1.00 e. The van der Waals surface area contributed by atoms with Crippen LogP contribution >= 0.6 is 0 Å². The van der Waals surface area contributed by atoms with Crippen LogP contribution in [0.1, 0.15) is 131 Å². The minimum absolute atomic E-state index is 0. The van der Waals surface area contributed by atoms with Gasteiger partial charge in [-0.15, -0.1) is 0 Å². The predicted molar refractivity (Wildman–Crippen MR) is 338 cm³/mol. The predicted octanol–water partition coefficient (Wildman–Crippen LogP) is 14.1. The smallest absolute Gasteiger partial charge is 0.545 e. The second-order valence-corrected chi connectivity index (χ2v) is 24.6. The van der Waals surface area contributed by atoms with Gasteiger partial charge in [0.1, 0.15) is 12.4 Å². The third kappa shape index (κ3) is 15.0. The van der Waals surface area contributed by atoms with E-state index in [2.05, 4.69) is 247 Å². The summed E-state index contributed by atoms with van der Waals surface area (Å²) in [6, 6.07) is 54.7. The van der Waals surface area contributed by atoms with Crippen molar-refractivity contribution in [3.05, 3.63) is 230 Å². The molecule has 8 aromatic rings. The molecule has 0 N–H and O–H groups in total. The largest absolute Gasteiger partial charge is 1.00 e. The van der Waals surface area contributed by atoms with Gasteiger partial charge in [0.25, 0.3) is 0 Å². The first kappa shape index (κ1) is 65.1. The molecule has 83 heavy (non-hydrogen) atoms. The molecule has 428 valence electrons. The van der Waals surface area contributed by atoms with Gasteiger partial charge in [0.05, 0.1) is 50.4 Å². The van der Waals surface area contributed by atoms with Crippen molar-refractivity contribution >= 4 is 40.1 Å². The summed E-state index contributed by atoms with van der Waals surface area (Å²) < 4.78 is 21.5. The van der Waals surface area contributed by atoms with E-state index in [4.69, 9.17) is 18.9 Å². The van der Waals surface area contributed by atoms with E-state index in [0.717, 1.165) is 39.4 Å². The van der Waals surface area contributed by atoms with E-state index in [1.54, 1.807) is 19.2 Å². The van der Waals surface area contributed by atoms with Crippen molar-refractivity contribution in [3.63, 3.8) is 0 Å². The number of anilines is 6. The minimum atomic E-state index is -1.27. The number of fused-ring (bicyclic) bond motifs is 3. The number of hydrogen-bond donors (Lipinski definition) is 0. The number of aryl methyl sites for hydroxylation is 8. The Morgan fingerprint density at radius 2 is 0.807 bits per heavy atom. The molecule has 0 saturated heterocycles. The van der Waals surface area contributed by atoms with Crippen molar-refractivity contribution in [2.75, 3.05) is 56.6 Å². The fourth-order valence-electron chi connectivity index (χ4n) is 11.3. The Labute approximate surface area is 555 Å². The van der Waals surface area contributed by atoms with Crippen LogP contribution in [0.4, 0.5) is 34.1 Å². The van der Waals surface area contributed by atoms with Gasteiger partial charge in [-0.05, 0) is 195 Å². The summed E-state index contributed by atoms with van der Waals surface area (Å²) in [5.74, 6) is -0.996. The summed E-state index contributed by atoms with van der Waals surface area (Å²) in [4.78, 5) is 16.9. The molecule has 1 aliphatic rings. The van der Waals surface area contributed by atoms with Crippen LogP contribution in [0.3, 0.4) is 0 Å². The molecule has 0 unspecified atom stereocenters. The van der Waals surface area contributed by atoms with Gasteiger partial charge in [-0.1, -0.05) is 155 Å². The molecule has 0 spiro atoms. The first-order chi connectivity index (χ1) is 38.9. The maximum atomic E-state index is 12.1. The SMILES string of the molecule is COCCOCCOCCOc1ccc(C2(C)c3cc(C)ccc3-c3ccc(C)cc32)cc1C(=O)[O-].Cc1ccc(N(c2ccc(N(c3ccc(C)cc3)c3c(C)cc(C(C)(C)C)cc3C)cc2)c2c(C)cc(C(C)(C)C)cc2C)cc1.[Cs+]. The zero-order chi connectivity index (χ0) is 59.3. The van der Waals surface area contributed by atoms with Crippen molar-refractivity contribution in [2.45, 2.75) is 120 Å². The molecule has 0 radical (unpaired) electrons. The Kier molecular flexibility index (Phi) is 21.8. The van der Waals surface area contributed by atoms with Gasteiger partial charge < -0.3 is 38.6 Å². The van der Waals surface area contributed by atoms with E-state index in [9.17, 15) is 9.90 Å². The van der Waals surface area contributed by atoms with E-state index in [1.807, 2.05) is 6.07 Å². The van der Waals surface area contributed by atoms with E-state index in [-0.39, 0.29) is 97.6 Å². The Morgan fingerprint density at radius 1 is 0.458 bits per heavy atom.